The van der Waals surface area contributed by atoms with Crippen LogP contribution in [0.1, 0.15) is 25.5 Å². The highest BCUT2D eigenvalue weighted by molar-refractivity contribution is 5.75. The number of hydrogen-bond acceptors (Lipinski definition) is 4. The van der Waals surface area contributed by atoms with Gasteiger partial charge in [0.15, 0.2) is 6.10 Å². The van der Waals surface area contributed by atoms with Crippen molar-refractivity contribution < 1.29 is 31.1 Å². The molecule has 0 bridgehead atoms. The minimum absolute atomic E-state index is 0.111. The van der Waals surface area contributed by atoms with Gasteiger partial charge in [-0.05, 0) is 24.6 Å². The molecule has 28 heavy (non-hydrogen) atoms. The SMILES string of the molecule is CNC1=N[C@](C)(c2cc(-c3cnn(C(F)F)c3)ccc2F)C[C@@H](C(F)(F)F)O1. The zero-order valence-corrected chi connectivity index (χ0v) is 14.8. The summed E-state index contributed by atoms with van der Waals surface area (Å²) in [4.78, 5) is 4.10. The molecule has 1 aromatic carbocycles. The third kappa shape index (κ3) is 3.78. The Morgan fingerprint density at radius 1 is 1.29 bits per heavy atom. The van der Waals surface area contributed by atoms with Crippen LogP contribution in [0, 0.1) is 5.82 Å². The molecule has 11 heteroatoms. The minimum Gasteiger partial charge on any atom is -0.452 e. The summed E-state index contributed by atoms with van der Waals surface area (Å²) < 4.78 is 85.0. The van der Waals surface area contributed by atoms with Crippen molar-refractivity contribution in [1.82, 2.24) is 15.1 Å². The van der Waals surface area contributed by atoms with Crippen LogP contribution in [-0.4, -0.2) is 35.1 Å². The molecule has 152 valence electrons. The van der Waals surface area contributed by atoms with Gasteiger partial charge in [-0.15, -0.1) is 0 Å². The second-order valence-corrected chi connectivity index (χ2v) is 6.47. The number of amidine groups is 1. The molecule has 0 saturated heterocycles. The van der Waals surface area contributed by atoms with Crippen molar-refractivity contribution >= 4 is 6.02 Å². The molecule has 3 rings (SSSR count). The van der Waals surface area contributed by atoms with E-state index in [4.69, 9.17) is 4.74 Å². The van der Waals surface area contributed by atoms with Crippen molar-refractivity contribution in [3.8, 4) is 11.1 Å². The molecule has 1 aromatic heterocycles. The Kier molecular flexibility index (Phi) is 5.02. The summed E-state index contributed by atoms with van der Waals surface area (Å²) in [6.07, 6.45) is -5.27. The van der Waals surface area contributed by atoms with Gasteiger partial charge in [0.1, 0.15) is 5.82 Å². The summed E-state index contributed by atoms with van der Waals surface area (Å²) >= 11 is 0. The zero-order chi connectivity index (χ0) is 20.7. The van der Waals surface area contributed by atoms with Gasteiger partial charge in [0.05, 0.1) is 11.7 Å². The molecule has 0 saturated carbocycles. The first-order valence-electron chi connectivity index (χ1n) is 8.17. The van der Waals surface area contributed by atoms with Gasteiger partial charge in [-0.2, -0.15) is 27.1 Å². The summed E-state index contributed by atoms with van der Waals surface area (Å²) in [6, 6.07) is 3.31. The lowest BCUT2D eigenvalue weighted by Gasteiger charge is -2.36. The highest BCUT2D eigenvalue weighted by Crippen LogP contribution is 2.41. The number of aromatic nitrogens is 2. The smallest absolute Gasteiger partial charge is 0.425 e. The number of hydrogen-bond donors (Lipinski definition) is 1. The highest BCUT2D eigenvalue weighted by atomic mass is 19.4. The Balaban J connectivity index is 2.05. The molecule has 2 aromatic rings. The first-order valence-corrected chi connectivity index (χ1v) is 8.17. The van der Waals surface area contributed by atoms with E-state index in [1.807, 2.05) is 0 Å². The van der Waals surface area contributed by atoms with Crippen LogP contribution in [0.15, 0.2) is 35.6 Å². The van der Waals surface area contributed by atoms with Crippen LogP contribution in [0.2, 0.25) is 0 Å². The number of benzene rings is 1. The van der Waals surface area contributed by atoms with Gasteiger partial charge in [-0.1, -0.05) is 6.07 Å². The van der Waals surface area contributed by atoms with Gasteiger partial charge in [0.25, 0.3) is 6.02 Å². The van der Waals surface area contributed by atoms with Crippen molar-refractivity contribution in [3.05, 3.63) is 42.0 Å². The molecule has 0 aliphatic carbocycles. The van der Waals surface area contributed by atoms with Crippen LogP contribution >= 0.6 is 0 Å². The van der Waals surface area contributed by atoms with E-state index in [1.165, 1.54) is 26.1 Å². The Morgan fingerprint density at radius 2 is 2.00 bits per heavy atom. The number of ether oxygens (including phenoxy) is 1. The van der Waals surface area contributed by atoms with Crippen LogP contribution in [-0.2, 0) is 10.3 Å². The number of nitrogens with zero attached hydrogens (tertiary/aromatic N) is 3. The molecule has 0 unspecified atom stereocenters. The monoisotopic (exact) mass is 406 g/mol. The van der Waals surface area contributed by atoms with E-state index in [2.05, 4.69) is 15.4 Å². The molecule has 2 heterocycles. The van der Waals surface area contributed by atoms with Gasteiger partial charge in [-0.25, -0.2) is 14.1 Å². The maximum absolute atomic E-state index is 14.6. The van der Waals surface area contributed by atoms with Crippen LogP contribution in [0.3, 0.4) is 0 Å². The third-order valence-electron chi connectivity index (χ3n) is 4.45. The molecule has 2 atom stereocenters. The summed E-state index contributed by atoms with van der Waals surface area (Å²) in [5, 5.41) is 5.93. The lowest BCUT2D eigenvalue weighted by molar-refractivity contribution is -0.208. The second-order valence-electron chi connectivity index (χ2n) is 6.47. The lowest BCUT2D eigenvalue weighted by atomic mass is 9.84. The minimum atomic E-state index is -4.67. The maximum Gasteiger partial charge on any atom is 0.425 e. The fourth-order valence-corrected chi connectivity index (χ4v) is 3.01. The van der Waals surface area contributed by atoms with Crippen molar-refractivity contribution in [2.45, 2.75) is 37.7 Å². The lowest BCUT2D eigenvalue weighted by Crippen LogP contribution is -2.46. The van der Waals surface area contributed by atoms with E-state index in [9.17, 15) is 26.3 Å². The topological polar surface area (TPSA) is 51.4 Å². The molecule has 1 aliphatic rings. The number of halogens is 6. The second kappa shape index (κ2) is 7.02. The summed E-state index contributed by atoms with van der Waals surface area (Å²) in [5.41, 5.74) is -1.11. The average molecular weight is 406 g/mol. The van der Waals surface area contributed by atoms with Crippen LogP contribution in [0.25, 0.3) is 11.1 Å². The normalized spacial score (nSPS) is 22.8. The van der Waals surface area contributed by atoms with Gasteiger partial charge in [0.2, 0.25) is 0 Å². The van der Waals surface area contributed by atoms with E-state index in [-0.39, 0.29) is 17.1 Å². The number of rotatable bonds is 3. The zero-order valence-electron chi connectivity index (χ0n) is 14.8. The van der Waals surface area contributed by atoms with Crippen molar-refractivity contribution in [2.75, 3.05) is 7.05 Å². The first kappa shape index (κ1) is 20.0. The van der Waals surface area contributed by atoms with E-state index in [0.29, 0.717) is 10.2 Å². The van der Waals surface area contributed by atoms with Crippen LogP contribution in [0.4, 0.5) is 26.3 Å². The summed E-state index contributed by atoms with van der Waals surface area (Å²) in [6.45, 7) is -1.49. The standard InChI is InChI=1S/C17H16F6N4O/c1-16(6-13(17(21,22)23)28-15(24-2)26-16)11-5-9(3-4-12(11)18)10-7-25-27(8-10)14(19)20/h3-5,7-8,13-14H,6H2,1-2H3,(H,24,26)/t13-,16-/m0/s1. The fourth-order valence-electron chi connectivity index (χ4n) is 3.01. The molecular weight excluding hydrogens is 390 g/mol. The molecule has 0 fully saturated rings. The van der Waals surface area contributed by atoms with Crippen molar-refractivity contribution in [1.29, 1.82) is 0 Å². The summed E-state index contributed by atoms with van der Waals surface area (Å²) in [5.74, 6) is -0.769. The largest absolute Gasteiger partial charge is 0.452 e. The molecule has 1 N–H and O–H groups in total. The Hall–Kier alpha value is -2.72. The molecular formula is C17H16F6N4O. The van der Waals surface area contributed by atoms with Crippen molar-refractivity contribution in [2.24, 2.45) is 4.99 Å². The summed E-state index contributed by atoms with van der Waals surface area (Å²) in [7, 11) is 1.34. The number of aliphatic imine (C=N–C) groups is 1. The number of alkyl halides is 5. The van der Waals surface area contributed by atoms with Gasteiger partial charge >= 0.3 is 12.7 Å². The van der Waals surface area contributed by atoms with E-state index in [0.717, 1.165) is 18.5 Å². The highest BCUT2D eigenvalue weighted by Gasteiger charge is 2.50. The molecule has 0 spiro atoms. The number of nitrogens with one attached hydrogen (secondary N) is 1. The molecule has 0 amide bonds. The Bertz CT molecular complexity index is 894. The quantitative estimate of drug-likeness (QED) is 0.777. The maximum atomic E-state index is 14.6. The van der Waals surface area contributed by atoms with E-state index in [1.54, 1.807) is 0 Å². The van der Waals surface area contributed by atoms with Crippen LogP contribution in [0.5, 0.6) is 0 Å². The van der Waals surface area contributed by atoms with Gasteiger partial charge in [0, 0.05) is 30.8 Å². The average Bonchev–Trinajstić information content (AvgIpc) is 3.11. The van der Waals surface area contributed by atoms with Crippen molar-refractivity contribution in [3.63, 3.8) is 0 Å². The van der Waals surface area contributed by atoms with Crippen LogP contribution < -0.4 is 5.32 Å². The predicted molar refractivity (Wildman–Crippen MR) is 88.3 cm³/mol. The Morgan fingerprint density at radius 3 is 2.57 bits per heavy atom. The molecule has 1 aliphatic heterocycles. The van der Waals surface area contributed by atoms with Gasteiger partial charge in [-0.3, -0.25) is 0 Å². The molecule has 5 nitrogen and oxygen atoms in total. The van der Waals surface area contributed by atoms with E-state index < -0.39 is 36.6 Å². The Labute approximate surface area is 156 Å². The fraction of sp³-hybridized carbons (Fsp3) is 0.412. The van der Waals surface area contributed by atoms with Gasteiger partial charge < -0.3 is 10.1 Å². The predicted octanol–water partition coefficient (Wildman–Crippen LogP) is 4.23. The van der Waals surface area contributed by atoms with E-state index >= 15 is 0 Å². The molecule has 0 radical (unpaired) electrons. The first-order chi connectivity index (χ1) is 13.0. The third-order valence-corrected chi connectivity index (χ3v) is 4.45.